The summed E-state index contributed by atoms with van der Waals surface area (Å²) >= 11 is 0. The third-order valence-corrected chi connectivity index (χ3v) is 0.706. The van der Waals surface area contributed by atoms with E-state index in [4.69, 9.17) is 22.6 Å². The molecule has 0 aliphatic rings. The first-order valence-corrected chi connectivity index (χ1v) is 4.47. The van der Waals surface area contributed by atoms with E-state index in [-0.39, 0.29) is 29.6 Å². The molecule has 7 heteroatoms. The standard InChI is InChI=1S/C5H12O.Na.H2O4S.H/c1-5(2)3-4-6;;1-5(2,3)4;/h5-6H,3-4H2,1-2H3;;(H2,1,2,3,4);. The molecular weight excluding hydrogens is 195 g/mol. The van der Waals surface area contributed by atoms with E-state index in [0.29, 0.717) is 12.5 Å². The summed E-state index contributed by atoms with van der Waals surface area (Å²) < 4.78 is 31.6. The summed E-state index contributed by atoms with van der Waals surface area (Å²) in [5.41, 5.74) is 0. The predicted molar refractivity (Wildman–Crippen MR) is 47.9 cm³/mol. The molecule has 0 aromatic heterocycles. The second-order valence-corrected chi connectivity index (χ2v) is 3.25. The second-order valence-electron chi connectivity index (χ2n) is 2.35. The molecule has 3 N–H and O–H groups in total. The summed E-state index contributed by atoms with van der Waals surface area (Å²) in [5, 5.41) is 8.24. The summed E-state index contributed by atoms with van der Waals surface area (Å²) in [6.45, 7) is 4.52. The molecule has 0 rings (SSSR count). The molecule has 12 heavy (non-hydrogen) atoms. The molecule has 5 nitrogen and oxygen atoms in total. The zero-order chi connectivity index (χ0) is 9.49. The monoisotopic (exact) mass is 210 g/mol. The van der Waals surface area contributed by atoms with Crippen LogP contribution in [0, 0.1) is 5.92 Å². The minimum atomic E-state index is -4.67. The van der Waals surface area contributed by atoms with Crippen molar-refractivity contribution in [2.45, 2.75) is 20.3 Å². The molecule has 0 saturated heterocycles. The van der Waals surface area contributed by atoms with E-state index in [9.17, 15) is 0 Å². The van der Waals surface area contributed by atoms with Crippen LogP contribution in [0.4, 0.5) is 0 Å². The van der Waals surface area contributed by atoms with Crippen LogP contribution in [0.5, 0.6) is 0 Å². The fourth-order valence-electron chi connectivity index (χ4n) is 0.258. The van der Waals surface area contributed by atoms with Crippen LogP contribution in [-0.2, 0) is 10.4 Å². The molecule has 0 aromatic rings. The molecule has 0 atom stereocenters. The molecule has 0 amide bonds. The van der Waals surface area contributed by atoms with Gasteiger partial charge in [-0.25, -0.2) is 0 Å². The topological polar surface area (TPSA) is 94.8 Å². The molecule has 0 radical (unpaired) electrons. The maximum atomic E-state index is 8.74. The van der Waals surface area contributed by atoms with Crippen LogP contribution in [0.2, 0.25) is 0 Å². The summed E-state index contributed by atoms with van der Waals surface area (Å²) in [7, 11) is -4.67. The van der Waals surface area contributed by atoms with Gasteiger partial charge in [0.25, 0.3) is 0 Å². The van der Waals surface area contributed by atoms with Crippen molar-refractivity contribution in [2.75, 3.05) is 6.61 Å². The first-order chi connectivity index (χ1) is 4.77. The third kappa shape index (κ3) is 71.3. The first-order valence-electron chi connectivity index (χ1n) is 3.08. The van der Waals surface area contributed by atoms with Gasteiger partial charge in [-0.05, 0) is 12.3 Å². The number of rotatable bonds is 2. The van der Waals surface area contributed by atoms with E-state index in [1.54, 1.807) is 0 Å². The molecule has 0 aliphatic carbocycles. The Kier molecular flexibility index (Phi) is 15.4. The van der Waals surface area contributed by atoms with Crippen LogP contribution < -0.4 is 0 Å². The molecule has 72 valence electrons. The van der Waals surface area contributed by atoms with Crippen molar-refractivity contribution in [3.05, 3.63) is 0 Å². The van der Waals surface area contributed by atoms with Gasteiger partial charge in [0.1, 0.15) is 0 Å². The van der Waals surface area contributed by atoms with Crippen LogP contribution in [-0.4, -0.2) is 58.8 Å². The summed E-state index contributed by atoms with van der Waals surface area (Å²) in [6.07, 6.45) is 0.931. The van der Waals surface area contributed by atoms with Crippen LogP contribution in [0.15, 0.2) is 0 Å². The SMILES string of the molecule is CC(C)CCO.O=S(=O)(O)O.[NaH]. The van der Waals surface area contributed by atoms with Crippen molar-refractivity contribution in [3.63, 3.8) is 0 Å². The van der Waals surface area contributed by atoms with Crippen LogP contribution in [0.1, 0.15) is 20.3 Å². The molecule has 0 aliphatic heterocycles. The van der Waals surface area contributed by atoms with Gasteiger partial charge < -0.3 is 5.11 Å². The Balaban J connectivity index is -0.000000126. The predicted octanol–water partition coefficient (Wildman–Crippen LogP) is -0.277. The first kappa shape index (κ1) is 18.6. The van der Waals surface area contributed by atoms with Crippen molar-refractivity contribution in [1.29, 1.82) is 0 Å². The molecule has 0 heterocycles. The number of aliphatic hydroxyl groups excluding tert-OH is 1. The molecule has 0 unspecified atom stereocenters. The number of hydrogen-bond donors (Lipinski definition) is 3. The van der Waals surface area contributed by atoms with Gasteiger partial charge in [0.2, 0.25) is 0 Å². The Morgan fingerprint density at radius 2 is 1.50 bits per heavy atom. The Bertz CT molecular complexity index is 157. The molecular formula is C5H15NaO5S. The minimum absolute atomic E-state index is 0. The average Bonchev–Trinajstić information content (AvgIpc) is 1.58. The quantitative estimate of drug-likeness (QED) is 0.430. The van der Waals surface area contributed by atoms with Gasteiger partial charge >= 0.3 is 40.0 Å². The number of hydrogen-bond acceptors (Lipinski definition) is 3. The molecule has 0 saturated carbocycles. The van der Waals surface area contributed by atoms with Crippen molar-refractivity contribution in [1.82, 2.24) is 0 Å². The molecule has 0 fully saturated rings. The zero-order valence-corrected chi connectivity index (χ0v) is 7.37. The van der Waals surface area contributed by atoms with Gasteiger partial charge in [-0.1, -0.05) is 13.8 Å². The Hall–Kier alpha value is 0.830. The van der Waals surface area contributed by atoms with Crippen LogP contribution in [0.3, 0.4) is 0 Å². The van der Waals surface area contributed by atoms with Gasteiger partial charge in [-0.2, -0.15) is 8.42 Å². The molecule has 0 aromatic carbocycles. The Morgan fingerprint density at radius 3 is 1.50 bits per heavy atom. The third-order valence-electron chi connectivity index (χ3n) is 0.706. The van der Waals surface area contributed by atoms with Gasteiger partial charge in [0.15, 0.2) is 0 Å². The summed E-state index contributed by atoms with van der Waals surface area (Å²) in [5.74, 6) is 0.648. The maximum absolute atomic E-state index is 8.74. The van der Waals surface area contributed by atoms with Crippen molar-refractivity contribution < 1.29 is 22.6 Å². The van der Waals surface area contributed by atoms with E-state index in [0.717, 1.165) is 6.42 Å². The van der Waals surface area contributed by atoms with E-state index in [1.807, 2.05) is 0 Å². The molecule has 0 bridgehead atoms. The van der Waals surface area contributed by atoms with Gasteiger partial charge in [0, 0.05) is 6.61 Å². The van der Waals surface area contributed by atoms with Gasteiger partial charge in [-0.3, -0.25) is 9.11 Å². The van der Waals surface area contributed by atoms with Gasteiger partial charge in [0.05, 0.1) is 0 Å². The fraction of sp³-hybridized carbons (Fsp3) is 1.00. The van der Waals surface area contributed by atoms with Crippen molar-refractivity contribution >= 4 is 40.0 Å². The van der Waals surface area contributed by atoms with E-state index in [1.165, 1.54) is 0 Å². The van der Waals surface area contributed by atoms with Crippen molar-refractivity contribution in [3.8, 4) is 0 Å². The second kappa shape index (κ2) is 9.91. The van der Waals surface area contributed by atoms with E-state index >= 15 is 0 Å². The average molecular weight is 210 g/mol. The van der Waals surface area contributed by atoms with E-state index < -0.39 is 10.4 Å². The zero-order valence-electron chi connectivity index (χ0n) is 6.56. The Labute approximate surface area is 95.0 Å². The normalized spacial score (nSPS) is 9.83. The van der Waals surface area contributed by atoms with E-state index in [2.05, 4.69) is 13.8 Å². The number of aliphatic hydroxyl groups is 1. The molecule has 0 spiro atoms. The van der Waals surface area contributed by atoms with Crippen LogP contribution in [0.25, 0.3) is 0 Å². The fourth-order valence-corrected chi connectivity index (χ4v) is 0.258. The van der Waals surface area contributed by atoms with Gasteiger partial charge in [-0.15, -0.1) is 0 Å². The Morgan fingerprint density at radius 1 is 1.25 bits per heavy atom. The summed E-state index contributed by atoms with van der Waals surface area (Å²) in [6, 6.07) is 0. The summed E-state index contributed by atoms with van der Waals surface area (Å²) in [4.78, 5) is 0. The van der Waals surface area contributed by atoms with Crippen molar-refractivity contribution in [2.24, 2.45) is 5.92 Å². The van der Waals surface area contributed by atoms with Crippen LogP contribution >= 0.6 is 0 Å².